The molecule has 2 heterocycles. The second-order valence-corrected chi connectivity index (χ2v) is 8.87. The van der Waals surface area contributed by atoms with Crippen molar-refractivity contribution in [2.24, 2.45) is 0 Å². The summed E-state index contributed by atoms with van der Waals surface area (Å²) in [4.78, 5) is 38.8. The third kappa shape index (κ3) is 5.84. The van der Waals surface area contributed by atoms with E-state index in [1.165, 1.54) is 12.1 Å². The first-order chi connectivity index (χ1) is 19.0. The zero-order valence-corrected chi connectivity index (χ0v) is 20.7. The Hall–Kier alpha value is -4.09. The SMILES string of the molecule is O=C(OC[C@H]1O[C@@H]2OCCO[C@]2(O)[C@@H](OC(=O)c2ccccc2)[C@@H]1OC(=O)c1ccccc1)c1ccccc1. The summed E-state index contributed by atoms with van der Waals surface area (Å²) in [6.07, 6.45) is -5.66. The number of rotatable bonds is 7. The van der Waals surface area contributed by atoms with E-state index in [-0.39, 0.29) is 24.3 Å². The van der Waals surface area contributed by atoms with Crippen molar-refractivity contribution >= 4 is 17.9 Å². The van der Waals surface area contributed by atoms with E-state index in [0.717, 1.165) is 0 Å². The van der Waals surface area contributed by atoms with Crippen molar-refractivity contribution in [1.29, 1.82) is 0 Å². The Morgan fingerprint density at radius 2 is 1.26 bits per heavy atom. The largest absolute Gasteiger partial charge is 0.459 e. The van der Waals surface area contributed by atoms with Gasteiger partial charge < -0.3 is 33.5 Å². The molecule has 0 aliphatic carbocycles. The Morgan fingerprint density at radius 3 is 1.82 bits per heavy atom. The molecule has 2 aliphatic heterocycles. The molecule has 0 aromatic heterocycles. The minimum atomic E-state index is -2.32. The van der Waals surface area contributed by atoms with Crippen LogP contribution in [-0.4, -0.2) is 73.2 Å². The smallest absolute Gasteiger partial charge is 0.338 e. The molecule has 202 valence electrons. The third-order valence-electron chi connectivity index (χ3n) is 6.28. The van der Waals surface area contributed by atoms with Crippen LogP contribution >= 0.6 is 0 Å². The summed E-state index contributed by atoms with van der Waals surface area (Å²) in [5.41, 5.74) is 0.702. The Labute approximate surface area is 224 Å². The number of hydrogen-bond donors (Lipinski definition) is 1. The molecule has 0 bridgehead atoms. The molecule has 10 heteroatoms. The molecule has 0 spiro atoms. The fraction of sp³-hybridized carbons (Fsp3) is 0.276. The van der Waals surface area contributed by atoms with Crippen LogP contribution in [0.3, 0.4) is 0 Å². The summed E-state index contributed by atoms with van der Waals surface area (Å²) in [5, 5.41) is 11.5. The van der Waals surface area contributed by atoms with Crippen molar-refractivity contribution in [3.05, 3.63) is 108 Å². The molecule has 2 fully saturated rings. The van der Waals surface area contributed by atoms with Crippen LogP contribution < -0.4 is 0 Å². The van der Waals surface area contributed by atoms with E-state index in [1.807, 2.05) is 0 Å². The minimum Gasteiger partial charge on any atom is -0.459 e. The molecule has 1 N–H and O–H groups in total. The van der Waals surface area contributed by atoms with Gasteiger partial charge in [0, 0.05) is 0 Å². The highest BCUT2D eigenvalue weighted by molar-refractivity contribution is 5.91. The van der Waals surface area contributed by atoms with Gasteiger partial charge >= 0.3 is 17.9 Å². The van der Waals surface area contributed by atoms with E-state index in [0.29, 0.717) is 5.56 Å². The molecule has 2 saturated heterocycles. The molecule has 0 amide bonds. The lowest BCUT2D eigenvalue weighted by Crippen LogP contribution is -2.71. The Bertz CT molecular complexity index is 1280. The first kappa shape index (κ1) is 26.5. The third-order valence-corrected chi connectivity index (χ3v) is 6.28. The fourth-order valence-corrected chi connectivity index (χ4v) is 4.33. The minimum absolute atomic E-state index is 0.0389. The van der Waals surface area contributed by atoms with Crippen LogP contribution in [0.4, 0.5) is 0 Å². The number of carbonyl (C=O) groups is 3. The van der Waals surface area contributed by atoms with Crippen LogP contribution in [0.2, 0.25) is 0 Å². The van der Waals surface area contributed by atoms with Gasteiger partial charge in [0.1, 0.15) is 12.7 Å². The summed E-state index contributed by atoms with van der Waals surface area (Å²) >= 11 is 0. The highest BCUT2D eigenvalue weighted by Gasteiger charge is 2.63. The fourth-order valence-electron chi connectivity index (χ4n) is 4.33. The second kappa shape index (κ2) is 11.7. The van der Waals surface area contributed by atoms with Crippen molar-refractivity contribution in [3.8, 4) is 0 Å². The average molecular weight is 535 g/mol. The maximum Gasteiger partial charge on any atom is 0.338 e. The zero-order chi connectivity index (χ0) is 27.2. The van der Waals surface area contributed by atoms with Crippen molar-refractivity contribution in [3.63, 3.8) is 0 Å². The van der Waals surface area contributed by atoms with Gasteiger partial charge in [-0.3, -0.25) is 0 Å². The quantitative estimate of drug-likeness (QED) is 0.357. The van der Waals surface area contributed by atoms with E-state index in [9.17, 15) is 19.5 Å². The normalized spacial score (nSPS) is 26.1. The number of fused-ring (bicyclic) bond motifs is 1. The van der Waals surface area contributed by atoms with E-state index >= 15 is 0 Å². The van der Waals surface area contributed by atoms with Crippen molar-refractivity contribution < 1.29 is 47.9 Å². The van der Waals surface area contributed by atoms with Gasteiger partial charge in [-0.1, -0.05) is 54.6 Å². The van der Waals surface area contributed by atoms with Gasteiger partial charge in [0.15, 0.2) is 6.10 Å². The lowest BCUT2D eigenvalue weighted by atomic mass is 9.94. The number of benzene rings is 3. The predicted molar refractivity (Wildman–Crippen MR) is 134 cm³/mol. The van der Waals surface area contributed by atoms with Gasteiger partial charge in [-0.05, 0) is 36.4 Å². The van der Waals surface area contributed by atoms with Crippen LogP contribution in [0, 0.1) is 0 Å². The maximum atomic E-state index is 13.1. The number of aliphatic hydroxyl groups is 1. The van der Waals surface area contributed by atoms with Gasteiger partial charge in [-0.15, -0.1) is 0 Å². The van der Waals surface area contributed by atoms with E-state index < -0.39 is 54.9 Å². The maximum absolute atomic E-state index is 13.1. The molecule has 0 saturated carbocycles. The second-order valence-electron chi connectivity index (χ2n) is 8.87. The Kier molecular flexibility index (Phi) is 7.99. The summed E-state index contributed by atoms with van der Waals surface area (Å²) < 4.78 is 34.1. The van der Waals surface area contributed by atoms with E-state index in [2.05, 4.69) is 0 Å². The topological polar surface area (TPSA) is 127 Å². The van der Waals surface area contributed by atoms with Crippen molar-refractivity contribution in [2.75, 3.05) is 19.8 Å². The van der Waals surface area contributed by atoms with Crippen LogP contribution in [0.5, 0.6) is 0 Å². The van der Waals surface area contributed by atoms with Gasteiger partial charge in [0.25, 0.3) is 5.79 Å². The van der Waals surface area contributed by atoms with Crippen LogP contribution in [-0.2, 0) is 28.4 Å². The summed E-state index contributed by atoms with van der Waals surface area (Å²) in [5.74, 6) is -4.54. The molecule has 2 aliphatic rings. The summed E-state index contributed by atoms with van der Waals surface area (Å²) in [6.45, 7) is -0.365. The molecule has 5 atom stereocenters. The molecule has 10 nitrogen and oxygen atoms in total. The van der Waals surface area contributed by atoms with Crippen molar-refractivity contribution in [1.82, 2.24) is 0 Å². The number of hydrogen-bond acceptors (Lipinski definition) is 10. The molecule has 5 rings (SSSR count). The monoisotopic (exact) mass is 534 g/mol. The molecule has 0 radical (unpaired) electrons. The Balaban J connectivity index is 1.46. The van der Waals surface area contributed by atoms with Crippen molar-refractivity contribution in [2.45, 2.75) is 30.4 Å². The van der Waals surface area contributed by atoms with Crippen LogP contribution in [0.15, 0.2) is 91.0 Å². The number of ether oxygens (including phenoxy) is 6. The van der Waals surface area contributed by atoms with Crippen LogP contribution in [0.25, 0.3) is 0 Å². The van der Waals surface area contributed by atoms with E-state index in [4.69, 9.17) is 28.4 Å². The average Bonchev–Trinajstić information content (AvgIpc) is 2.98. The highest BCUT2D eigenvalue weighted by atomic mass is 16.8. The zero-order valence-electron chi connectivity index (χ0n) is 20.7. The van der Waals surface area contributed by atoms with Gasteiger partial charge in [0.05, 0.1) is 29.9 Å². The first-order valence-corrected chi connectivity index (χ1v) is 12.3. The molecule has 3 aromatic rings. The van der Waals surface area contributed by atoms with Gasteiger partial charge in [-0.25, -0.2) is 14.4 Å². The molecular formula is C29H26O10. The Morgan fingerprint density at radius 1 is 0.744 bits per heavy atom. The lowest BCUT2D eigenvalue weighted by Gasteiger charge is -2.50. The van der Waals surface area contributed by atoms with Crippen LogP contribution in [0.1, 0.15) is 31.1 Å². The standard InChI is InChI=1S/C29H26O10/c30-25(19-10-4-1-5-11-19)35-18-22-23(38-26(31)20-12-6-2-7-13-20)24(29(33)28(37-22)34-16-17-36-29)39-27(32)21-14-8-3-9-15-21/h1-15,22-24,28,33H,16-18H2/t22-,23-,24+,28+,29-/m1/s1. The lowest BCUT2D eigenvalue weighted by molar-refractivity contribution is -0.436. The molecule has 39 heavy (non-hydrogen) atoms. The van der Waals surface area contributed by atoms with Gasteiger partial charge in [-0.2, -0.15) is 0 Å². The molecule has 0 unspecified atom stereocenters. The first-order valence-electron chi connectivity index (χ1n) is 12.3. The molecule has 3 aromatic carbocycles. The highest BCUT2D eigenvalue weighted by Crippen LogP contribution is 2.38. The number of carbonyl (C=O) groups excluding carboxylic acids is 3. The van der Waals surface area contributed by atoms with Gasteiger partial charge in [0.2, 0.25) is 12.4 Å². The molecular weight excluding hydrogens is 508 g/mol. The summed E-state index contributed by atoms with van der Waals surface area (Å²) in [6, 6.07) is 24.5. The predicted octanol–water partition coefficient (Wildman–Crippen LogP) is 2.75. The number of esters is 3. The van der Waals surface area contributed by atoms with E-state index in [1.54, 1.807) is 78.9 Å². The summed E-state index contributed by atoms with van der Waals surface area (Å²) in [7, 11) is 0.